The normalized spacial score (nSPS) is 18.1. The summed E-state index contributed by atoms with van der Waals surface area (Å²) in [6, 6.07) is 17.7. The molecule has 2 aromatic carbocycles. The van der Waals surface area contributed by atoms with Crippen molar-refractivity contribution in [3.8, 4) is 0 Å². The summed E-state index contributed by atoms with van der Waals surface area (Å²) >= 11 is 6.00. The lowest BCUT2D eigenvalue weighted by molar-refractivity contribution is 0.201. The van der Waals surface area contributed by atoms with E-state index >= 15 is 0 Å². The summed E-state index contributed by atoms with van der Waals surface area (Å²) in [5.74, 6) is 0. The average Bonchev–Trinajstić information content (AvgIpc) is 2.81. The molecule has 0 aliphatic carbocycles. The molecule has 1 aliphatic heterocycles. The fourth-order valence-corrected chi connectivity index (χ4v) is 2.74. The maximum atomic E-state index is 12.0. The molecule has 1 fully saturated rings. The maximum Gasteiger partial charge on any atom is 0.318 e. The van der Waals surface area contributed by atoms with Crippen molar-refractivity contribution < 1.29 is 4.79 Å². The summed E-state index contributed by atoms with van der Waals surface area (Å²) in [7, 11) is 0. The van der Waals surface area contributed by atoms with Crippen molar-refractivity contribution in [2.45, 2.75) is 12.6 Å². The molecule has 0 spiro atoms. The first kappa shape index (κ1) is 13.0. The number of nitrogens with one attached hydrogen (secondary N) is 1. The molecule has 0 bridgehead atoms. The van der Waals surface area contributed by atoms with Gasteiger partial charge in [-0.1, -0.05) is 54.1 Å². The van der Waals surface area contributed by atoms with Crippen LogP contribution in [0.25, 0.3) is 0 Å². The zero-order chi connectivity index (χ0) is 13.9. The Morgan fingerprint density at radius 3 is 2.70 bits per heavy atom. The highest BCUT2D eigenvalue weighted by atomic mass is 35.5. The van der Waals surface area contributed by atoms with Crippen LogP contribution in [0.15, 0.2) is 54.6 Å². The zero-order valence-electron chi connectivity index (χ0n) is 10.9. The molecule has 20 heavy (non-hydrogen) atoms. The molecule has 4 heteroatoms. The lowest BCUT2D eigenvalue weighted by Gasteiger charge is -2.23. The molecule has 0 unspecified atom stereocenters. The van der Waals surface area contributed by atoms with Gasteiger partial charge in [0.05, 0.1) is 6.04 Å². The van der Waals surface area contributed by atoms with E-state index in [0.717, 1.165) is 11.1 Å². The van der Waals surface area contributed by atoms with Crippen molar-refractivity contribution in [3.63, 3.8) is 0 Å². The molecule has 3 rings (SSSR count). The minimum absolute atomic E-state index is 0.0289. The van der Waals surface area contributed by atoms with Crippen molar-refractivity contribution in [1.82, 2.24) is 10.2 Å². The van der Waals surface area contributed by atoms with E-state index in [1.165, 1.54) is 0 Å². The fraction of sp³-hybridized carbons (Fsp3) is 0.188. The van der Waals surface area contributed by atoms with Crippen LogP contribution in [0.3, 0.4) is 0 Å². The topological polar surface area (TPSA) is 32.3 Å². The Kier molecular flexibility index (Phi) is 3.61. The van der Waals surface area contributed by atoms with E-state index in [4.69, 9.17) is 11.6 Å². The highest BCUT2D eigenvalue weighted by Gasteiger charge is 2.31. The number of carbonyl (C=O) groups excluding carboxylic acids is 1. The molecule has 1 N–H and O–H groups in total. The van der Waals surface area contributed by atoms with Gasteiger partial charge in [-0.3, -0.25) is 0 Å². The van der Waals surface area contributed by atoms with Crippen LogP contribution in [0.5, 0.6) is 0 Å². The van der Waals surface area contributed by atoms with E-state index in [-0.39, 0.29) is 12.1 Å². The molecule has 1 atom stereocenters. The lowest BCUT2D eigenvalue weighted by Crippen LogP contribution is -2.29. The summed E-state index contributed by atoms with van der Waals surface area (Å²) < 4.78 is 0. The minimum Gasteiger partial charge on any atom is -0.336 e. The summed E-state index contributed by atoms with van der Waals surface area (Å²) in [6.07, 6.45) is 0. The molecule has 0 aromatic heterocycles. The van der Waals surface area contributed by atoms with Gasteiger partial charge in [-0.15, -0.1) is 0 Å². The number of benzene rings is 2. The van der Waals surface area contributed by atoms with E-state index in [2.05, 4.69) is 17.4 Å². The van der Waals surface area contributed by atoms with Gasteiger partial charge in [-0.25, -0.2) is 4.79 Å². The first-order chi connectivity index (χ1) is 9.74. The highest BCUT2D eigenvalue weighted by molar-refractivity contribution is 6.30. The van der Waals surface area contributed by atoms with Crippen LogP contribution in [-0.4, -0.2) is 17.5 Å². The van der Waals surface area contributed by atoms with Crippen LogP contribution in [-0.2, 0) is 6.54 Å². The Morgan fingerprint density at radius 1 is 1.15 bits per heavy atom. The number of halogens is 1. The standard InChI is InChI=1S/C16H15ClN2O/c17-14-8-4-5-12(9-14)11-19-15(10-18-16(19)20)13-6-2-1-3-7-13/h1-9,15H,10-11H2,(H,18,20)/t15-/m0/s1. The highest BCUT2D eigenvalue weighted by Crippen LogP contribution is 2.26. The quantitative estimate of drug-likeness (QED) is 0.918. The van der Waals surface area contributed by atoms with Gasteiger partial charge in [-0.05, 0) is 23.3 Å². The molecule has 1 heterocycles. The summed E-state index contributed by atoms with van der Waals surface area (Å²) in [6.45, 7) is 1.20. The van der Waals surface area contributed by atoms with E-state index < -0.39 is 0 Å². The van der Waals surface area contributed by atoms with Crippen molar-refractivity contribution >= 4 is 17.6 Å². The lowest BCUT2D eigenvalue weighted by atomic mass is 10.1. The van der Waals surface area contributed by atoms with Crippen molar-refractivity contribution in [3.05, 3.63) is 70.7 Å². The van der Waals surface area contributed by atoms with Gasteiger partial charge in [0.2, 0.25) is 0 Å². The van der Waals surface area contributed by atoms with Crippen LogP contribution < -0.4 is 5.32 Å². The predicted octanol–water partition coefficient (Wildman–Crippen LogP) is 3.61. The second-order valence-corrected chi connectivity index (χ2v) is 5.31. The van der Waals surface area contributed by atoms with E-state index in [1.807, 2.05) is 47.4 Å². The summed E-state index contributed by atoms with van der Waals surface area (Å²) in [5.41, 5.74) is 2.18. The van der Waals surface area contributed by atoms with E-state index in [1.54, 1.807) is 0 Å². The van der Waals surface area contributed by atoms with Crippen LogP contribution >= 0.6 is 11.6 Å². The predicted molar refractivity (Wildman–Crippen MR) is 79.6 cm³/mol. The van der Waals surface area contributed by atoms with Gasteiger partial charge in [0.25, 0.3) is 0 Å². The molecule has 102 valence electrons. The van der Waals surface area contributed by atoms with Gasteiger partial charge < -0.3 is 10.2 Å². The minimum atomic E-state index is -0.0289. The van der Waals surface area contributed by atoms with Gasteiger partial charge >= 0.3 is 6.03 Å². The molecular formula is C16H15ClN2O. The number of urea groups is 1. The second kappa shape index (κ2) is 5.55. The fourth-order valence-electron chi connectivity index (χ4n) is 2.52. The molecule has 1 saturated heterocycles. The molecule has 2 amide bonds. The molecule has 2 aromatic rings. The molecule has 3 nitrogen and oxygen atoms in total. The van der Waals surface area contributed by atoms with Crippen LogP contribution in [0.4, 0.5) is 4.79 Å². The Balaban J connectivity index is 1.84. The number of hydrogen-bond acceptors (Lipinski definition) is 1. The average molecular weight is 287 g/mol. The zero-order valence-corrected chi connectivity index (χ0v) is 11.7. The maximum absolute atomic E-state index is 12.0. The van der Waals surface area contributed by atoms with E-state index in [0.29, 0.717) is 18.1 Å². The summed E-state index contributed by atoms with van der Waals surface area (Å²) in [5, 5.41) is 3.60. The Morgan fingerprint density at radius 2 is 1.95 bits per heavy atom. The van der Waals surface area contributed by atoms with Crippen LogP contribution in [0, 0.1) is 0 Å². The van der Waals surface area contributed by atoms with Gasteiger partial charge in [0.15, 0.2) is 0 Å². The monoisotopic (exact) mass is 286 g/mol. The molecule has 1 aliphatic rings. The third-order valence-electron chi connectivity index (χ3n) is 3.51. The van der Waals surface area contributed by atoms with Crippen LogP contribution in [0.2, 0.25) is 5.02 Å². The largest absolute Gasteiger partial charge is 0.336 e. The number of amides is 2. The van der Waals surface area contributed by atoms with Crippen LogP contribution in [0.1, 0.15) is 17.2 Å². The Bertz CT molecular complexity index is 615. The summed E-state index contributed by atoms with van der Waals surface area (Å²) in [4.78, 5) is 13.9. The SMILES string of the molecule is O=C1NC[C@@H](c2ccccc2)N1Cc1cccc(Cl)c1. The van der Waals surface area contributed by atoms with Gasteiger partial charge in [0.1, 0.15) is 0 Å². The second-order valence-electron chi connectivity index (χ2n) is 4.87. The Labute approximate surface area is 123 Å². The molecular weight excluding hydrogens is 272 g/mol. The first-order valence-corrected chi connectivity index (χ1v) is 6.96. The van der Waals surface area contributed by atoms with E-state index in [9.17, 15) is 4.79 Å². The number of nitrogens with zero attached hydrogens (tertiary/aromatic N) is 1. The van der Waals surface area contributed by atoms with Crippen molar-refractivity contribution in [1.29, 1.82) is 0 Å². The molecule has 0 saturated carbocycles. The number of hydrogen-bond donors (Lipinski definition) is 1. The van der Waals surface area contributed by atoms with Crippen molar-refractivity contribution in [2.75, 3.05) is 6.54 Å². The molecule has 0 radical (unpaired) electrons. The number of carbonyl (C=O) groups is 1. The van der Waals surface area contributed by atoms with Gasteiger partial charge in [-0.2, -0.15) is 0 Å². The van der Waals surface area contributed by atoms with Gasteiger partial charge in [0, 0.05) is 18.1 Å². The van der Waals surface area contributed by atoms with Crippen molar-refractivity contribution in [2.24, 2.45) is 0 Å². The first-order valence-electron chi connectivity index (χ1n) is 6.58. The third kappa shape index (κ3) is 2.63. The smallest absolute Gasteiger partial charge is 0.318 e. The Hall–Kier alpha value is -2.00. The third-order valence-corrected chi connectivity index (χ3v) is 3.75. The number of rotatable bonds is 3.